The molecular formula is C18H17ClN8O6. The van der Waals surface area contributed by atoms with Gasteiger partial charge in [-0.2, -0.15) is 4.98 Å². The van der Waals surface area contributed by atoms with Crippen LogP contribution in [0.5, 0.6) is 0 Å². The molecule has 15 heteroatoms. The molecule has 0 unspecified atom stereocenters. The standard InChI is InChI=1S/C18H17ClN8O6/c19-13-8(15(30)24-9(17(32)33)2-4-11(28)29)1-3-10(25-13)21-5-7-6-22-14-12(23-7)16(31)27-18(20)26-14/h1,3,6,9H,2,4-5H2,(H,21,25)(H,24,30)(H,28,29)(H,32,33)(H3,20,22,26,27,31)/t9-/m0/s1. The summed E-state index contributed by atoms with van der Waals surface area (Å²) in [4.78, 5) is 64.6. The fourth-order valence-corrected chi connectivity index (χ4v) is 2.94. The number of aromatic amines is 1. The molecule has 0 saturated carbocycles. The van der Waals surface area contributed by atoms with Gasteiger partial charge < -0.3 is 26.6 Å². The van der Waals surface area contributed by atoms with Gasteiger partial charge in [0.1, 0.15) is 17.0 Å². The van der Waals surface area contributed by atoms with E-state index in [1.165, 1.54) is 18.3 Å². The highest BCUT2D eigenvalue weighted by Crippen LogP contribution is 2.17. The molecule has 7 N–H and O–H groups in total. The number of carboxylic acid groups (broad SMARTS) is 2. The number of carbonyl (C=O) groups excluding carboxylic acids is 1. The molecular weight excluding hydrogens is 460 g/mol. The van der Waals surface area contributed by atoms with Crippen molar-refractivity contribution in [3.05, 3.63) is 45.1 Å². The number of pyridine rings is 1. The van der Waals surface area contributed by atoms with Gasteiger partial charge in [-0.1, -0.05) is 11.6 Å². The molecule has 0 saturated heterocycles. The predicted octanol–water partition coefficient (Wildman–Crippen LogP) is 0.00360. The minimum atomic E-state index is -1.40. The van der Waals surface area contributed by atoms with Gasteiger partial charge in [0, 0.05) is 6.42 Å². The van der Waals surface area contributed by atoms with Crippen LogP contribution >= 0.6 is 11.6 Å². The zero-order chi connectivity index (χ0) is 24.1. The first-order chi connectivity index (χ1) is 15.6. The van der Waals surface area contributed by atoms with Crippen molar-refractivity contribution in [2.45, 2.75) is 25.4 Å². The molecule has 1 amide bonds. The largest absolute Gasteiger partial charge is 0.481 e. The highest BCUT2D eigenvalue weighted by atomic mass is 35.5. The van der Waals surface area contributed by atoms with Crippen molar-refractivity contribution in [3.8, 4) is 0 Å². The molecule has 0 radical (unpaired) electrons. The normalized spacial score (nSPS) is 11.7. The number of aliphatic carboxylic acids is 2. The third kappa shape index (κ3) is 5.88. The lowest BCUT2D eigenvalue weighted by atomic mass is 10.1. The van der Waals surface area contributed by atoms with E-state index in [-0.39, 0.29) is 46.6 Å². The van der Waals surface area contributed by atoms with E-state index in [1.54, 1.807) is 0 Å². The maximum Gasteiger partial charge on any atom is 0.326 e. The summed E-state index contributed by atoms with van der Waals surface area (Å²) in [5.74, 6) is -3.19. The molecule has 0 aliphatic heterocycles. The van der Waals surface area contributed by atoms with Gasteiger partial charge in [-0.05, 0) is 18.6 Å². The van der Waals surface area contributed by atoms with Gasteiger partial charge >= 0.3 is 11.9 Å². The Morgan fingerprint density at radius 3 is 2.61 bits per heavy atom. The van der Waals surface area contributed by atoms with Crippen molar-refractivity contribution in [2.24, 2.45) is 0 Å². The van der Waals surface area contributed by atoms with Crippen LogP contribution in [0.2, 0.25) is 5.15 Å². The predicted molar refractivity (Wildman–Crippen MR) is 115 cm³/mol. The number of hydrogen-bond donors (Lipinski definition) is 6. The van der Waals surface area contributed by atoms with Crippen LogP contribution in [0.3, 0.4) is 0 Å². The number of nitrogens with two attached hydrogens (primary N) is 1. The zero-order valence-electron chi connectivity index (χ0n) is 16.7. The molecule has 0 fully saturated rings. The molecule has 0 bridgehead atoms. The Labute approximate surface area is 189 Å². The number of H-pyrrole nitrogens is 1. The van der Waals surface area contributed by atoms with E-state index in [0.29, 0.717) is 5.69 Å². The summed E-state index contributed by atoms with van der Waals surface area (Å²) < 4.78 is 0. The van der Waals surface area contributed by atoms with E-state index in [2.05, 4.69) is 35.6 Å². The van der Waals surface area contributed by atoms with Crippen LogP contribution in [0, 0.1) is 0 Å². The second-order valence-electron chi connectivity index (χ2n) is 6.67. The summed E-state index contributed by atoms with van der Waals surface area (Å²) in [5.41, 5.74) is 5.33. The van der Waals surface area contributed by atoms with Gasteiger partial charge in [0.05, 0.1) is 24.0 Å². The average Bonchev–Trinajstić information content (AvgIpc) is 2.74. The quantitative estimate of drug-likeness (QED) is 0.224. The summed E-state index contributed by atoms with van der Waals surface area (Å²) in [6, 6.07) is 1.35. The first-order valence-electron chi connectivity index (χ1n) is 9.31. The molecule has 3 aromatic heterocycles. The Morgan fingerprint density at radius 1 is 1.18 bits per heavy atom. The molecule has 172 valence electrons. The molecule has 14 nitrogen and oxygen atoms in total. The van der Waals surface area contributed by atoms with E-state index in [9.17, 15) is 19.2 Å². The minimum absolute atomic E-state index is 0.0115. The van der Waals surface area contributed by atoms with Gasteiger partial charge in [0.2, 0.25) is 5.95 Å². The second kappa shape index (κ2) is 9.86. The minimum Gasteiger partial charge on any atom is -0.481 e. The van der Waals surface area contributed by atoms with Crippen molar-refractivity contribution < 1.29 is 24.6 Å². The van der Waals surface area contributed by atoms with Crippen LogP contribution in [-0.2, 0) is 16.1 Å². The summed E-state index contributed by atoms with van der Waals surface area (Å²) in [6.07, 6.45) is 0.672. The maximum absolute atomic E-state index is 12.4. The molecule has 0 spiro atoms. The molecule has 3 aromatic rings. The van der Waals surface area contributed by atoms with E-state index >= 15 is 0 Å². The van der Waals surface area contributed by atoms with Crippen LogP contribution in [-0.4, -0.2) is 59.0 Å². The number of rotatable bonds is 9. The summed E-state index contributed by atoms with van der Waals surface area (Å²) in [6.45, 7) is 0.109. The number of aromatic nitrogens is 5. The third-order valence-corrected chi connectivity index (χ3v) is 4.57. The monoisotopic (exact) mass is 476 g/mol. The summed E-state index contributed by atoms with van der Waals surface area (Å²) >= 11 is 6.06. The summed E-state index contributed by atoms with van der Waals surface area (Å²) in [7, 11) is 0. The van der Waals surface area contributed by atoms with E-state index in [4.69, 9.17) is 27.5 Å². The lowest BCUT2D eigenvalue weighted by Crippen LogP contribution is -2.41. The highest BCUT2D eigenvalue weighted by Gasteiger charge is 2.23. The van der Waals surface area contributed by atoms with Crippen molar-refractivity contribution in [1.29, 1.82) is 0 Å². The highest BCUT2D eigenvalue weighted by molar-refractivity contribution is 6.32. The SMILES string of the molecule is Nc1nc2ncc(CNc3ccc(C(=O)N[C@@H](CCC(=O)O)C(=O)O)c(Cl)n3)nc2c(=O)[nH]1. The van der Waals surface area contributed by atoms with Crippen molar-refractivity contribution >= 4 is 52.4 Å². The lowest BCUT2D eigenvalue weighted by molar-refractivity contribution is -0.140. The van der Waals surface area contributed by atoms with Gasteiger partial charge in [0.25, 0.3) is 11.5 Å². The average molecular weight is 477 g/mol. The maximum atomic E-state index is 12.4. The molecule has 33 heavy (non-hydrogen) atoms. The number of carboxylic acids is 2. The molecule has 0 aliphatic rings. The van der Waals surface area contributed by atoms with Gasteiger partial charge in [-0.25, -0.2) is 19.7 Å². The fourth-order valence-electron chi connectivity index (χ4n) is 2.70. The van der Waals surface area contributed by atoms with Gasteiger partial charge in [-0.3, -0.25) is 19.4 Å². The zero-order valence-corrected chi connectivity index (χ0v) is 17.5. The number of halogens is 1. The first-order valence-corrected chi connectivity index (χ1v) is 9.69. The molecule has 0 aromatic carbocycles. The van der Waals surface area contributed by atoms with Crippen LogP contribution in [0.1, 0.15) is 28.9 Å². The fraction of sp³-hybridized carbons (Fsp3) is 0.222. The molecule has 1 atom stereocenters. The van der Waals surface area contributed by atoms with E-state index < -0.39 is 35.9 Å². The number of nitrogens with one attached hydrogen (secondary N) is 3. The van der Waals surface area contributed by atoms with Crippen LogP contribution in [0.25, 0.3) is 11.2 Å². The number of carbonyl (C=O) groups is 3. The number of amides is 1. The van der Waals surface area contributed by atoms with Crippen LogP contribution in [0.4, 0.5) is 11.8 Å². The lowest BCUT2D eigenvalue weighted by Gasteiger charge is -2.14. The Kier molecular flexibility index (Phi) is 6.97. The van der Waals surface area contributed by atoms with Crippen molar-refractivity contribution in [2.75, 3.05) is 11.1 Å². The number of hydrogen-bond acceptors (Lipinski definition) is 10. The topological polar surface area (TPSA) is 226 Å². The number of nitrogen functional groups attached to an aromatic ring is 1. The van der Waals surface area contributed by atoms with Crippen molar-refractivity contribution in [3.63, 3.8) is 0 Å². The van der Waals surface area contributed by atoms with Gasteiger partial charge in [-0.15, -0.1) is 0 Å². The first kappa shape index (κ1) is 23.3. The summed E-state index contributed by atoms with van der Waals surface area (Å²) in [5, 5.41) is 22.8. The van der Waals surface area contributed by atoms with Crippen molar-refractivity contribution in [1.82, 2.24) is 30.2 Å². The van der Waals surface area contributed by atoms with Gasteiger partial charge in [0.15, 0.2) is 11.2 Å². The number of fused-ring (bicyclic) bond motifs is 1. The Morgan fingerprint density at radius 2 is 1.94 bits per heavy atom. The smallest absolute Gasteiger partial charge is 0.326 e. The second-order valence-corrected chi connectivity index (χ2v) is 7.03. The molecule has 3 heterocycles. The molecule has 3 rings (SSSR count). The Balaban J connectivity index is 1.68. The van der Waals surface area contributed by atoms with E-state index in [1.807, 2.05) is 0 Å². The Bertz CT molecular complexity index is 1300. The number of anilines is 2. The van der Waals surface area contributed by atoms with Crippen LogP contribution < -0.4 is 21.9 Å². The van der Waals surface area contributed by atoms with E-state index in [0.717, 1.165) is 0 Å². The Hall–Kier alpha value is -4.33. The van der Waals surface area contributed by atoms with Crippen LogP contribution in [0.15, 0.2) is 23.1 Å². The number of nitrogens with zero attached hydrogens (tertiary/aromatic N) is 4. The third-order valence-electron chi connectivity index (χ3n) is 4.28. The molecule has 0 aliphatic carbocycles.